The van der Waals surface area contributed by atoms with Crippen LogP contribution in [0.5, 0.6) is 0 Å². The molecule has 1 aliphatic carbocycles. The Morgan fingerprint density at radius 3 is 2.67 bits per heavy atom. The van der Waals surface area contributed by atoms with E-state index in [0.717, 1.165) is 10.2 Å². The van der Waals surface area contributed by atoms with Gasteiger partial charge in [0.25, 0.3) is 0 Å². The van der Waals surface area contributed by atoms with Gasteiger partial charge in [0.15, 0.2) is 0 Å². The molecular formula is C7H7BrClN3. The zero-order valence-corrected chi connectivity index (χ0v) is 8.56. The third kappa shape index (κ3) is 1.41. The highest BCUT2D eigenvalue weighted by atomic mass is 79.9. The molecule has 0 unspecified atom stereocenters. The lowest BCUT2D eigenvalue weighted by Crippen LogP contribution is -1.99. The number of hydrogen-bond donors (Lipinski definition) is 1. The van der Waals surface area contributed by atoms with Crippen LogP contribution in [0.25, 0.3) is 0 Å². The lowest BCUT2D eigenvalue weighted by atomic mass is 10.3. The van der Waals surface area contributed by atoms with Crippen LogP contribution >= 0.6 is 27.5 Å². The van der Waals surface area contributed by atoms with E-state index in [-0.39, 0.29) is 5.28 Å². The summed E-state index contributed by atoms with van der Waals surface area (Å²) in [7, 11) is 0. The minimum atomic E-state index is 0.234. The first-order chi connectivity index (χ1) is 5.68. The Balaban J connectivity index is 2.51. The molecular weight excluding hydrogens is 241 g/mol. The minimum absolute atomic E-state index is 0.234. The van der Waals surface area contributed by atoms with Crippen LogP contribution in [0, 0.1) is 0 Å². The van der Waals surface area contributed by atoms with Gasteiger partial charge in [-0.2, -0.15) is 4.98 Å². The normalized spacial score (nSPS) is 16.5. The second-order valence-electron chi connectivity index (χ2n) is 2.85. The summed E-state index contributed by atoms with van der Waals surface area (Å²) in [6.07, 6.45) is 2.34. The molecule has 3 nitrogen and oxygen atoms in total. The van der Waals surface area contributed by atoms with E-state index < -0.39 is 0 Å². The Kier molecular flexibility index (Phi) is 1.96. The van der Waals surface area contributed by atoms with Crippen molar-refractivity contribution in [3.63, 3.8) is 0 Å². The Hall–Kier alpha value is -0.350. The fourth-order valence-corrected chi connectivity index (χ4v) is 1.76. The summed E-state index contributed by atoms with van der Waals surface area (Å²) < 4.78 is 0.800. The van der Waals surface area contributed by atoms with Crippen LogP contribution in [0.15, 0.2) is 4.47 Å². The highest BCUT2D eigenvalue weighted by molar-refractivity contribution is 9.10. The van der Waals surface area contributed by atoms with E-state index in [4.69, 9.17) is 17.3 Å². The number of rotatable bonds is 1. The van der Waals surface area contributed by atoms with Gasteiger partial charge in [0.1, 0.15) is 5.82 Å². The Morgan fingerprint density at radius 1 is 1.42 bits per heavy atom. The highest BCUT2D eigenvalue weighted by Gasteiger charge is 2.28. The standard InChI is InChI=1S/C7H7BrClN3/c8-4-5(3-1-2-3)11-7(9)12-6(4)10/h3H,1-2H2,(H2,10,11,12). The summed E-state index contributed by atoms with van der Waals surface area (Å²) >= 11 is 9.02. The highest BCUT2D eigenvalue weighted by Crippen LogP contribution is 2.43. The lowest BCUT2D eigenvalue weighted by Gasteiger charge is -2.03. The van der Waals surface area contributed by atoms with Crippen molar-refractivity contribution in [3.05, 3.63) is 15.5 Å². The van der Waals surface area contributed by atoms with Crippen molar-refractivity contribution < 1.29 is 0 Å². The topological polar surface area (TPSA) is 51.8 Å². The third-order valence-electron chi connectivity index (χ3n) is 1.84. The molecule has 0 spiro atoms. The van der Waals surface area contributed by atoms with E-state index in [0.29, 0.717) is 11.7 Å². The van der Waals surface area contributed by atoms with E-state index in [2.05, 4.69) is 25.9 Å². The van der Waals surface area contributed by atoms with Crippen LogP contribution < -0.4 is 5.73 Å². The third-order valence-corrected chi connectivity index (χ3v) is 2.82. The van der Waals surface area contributed by atoms with Gasteiger partial charge in [-0.05, 0) is 40.4 Å². The van der Waals surface area contributed by atoms with E-state index >= 15 is 0 Å². The number of nitrogens with two attached hydrogens (primary N) is 1. The average Bonchev–Trinajstić information content (AvgIpc) is 2.79. The van der Waals surface area contributed by atoms with E-state index in [1.807, 2.05) is 0 Å². The molecule has 1 aromatic heterocycles. The van der Waals surface area contributed by atoms with Crippen molar-refractivity contribution in [1.82, 2.24) is 9.97 Å². The van der Waals surface area contributed by atoms with Gasteiger partial charge in [-0.25, -0.2) is 4.98 Å². The predicted molar refractivity (Wildman–Crippen MR) is 51.1 cm³/mol. The Bertz CT molecular complexity index is 325. The maximum atomic E-state index is 5.67. The summed E-state index contributed by atoms with van der Waals surface area (Å²) in [6.45, 7) is 0. The largest absolute Gasteiger partial charge is 0.383 e. The zero-order chi connectivity index (χ0) is 8.72. The molecule has 0 bridgehead atoms. The second kappa shape index (κ2) is 2.85. The van der Waals surface area contributed by atoms with E-state index in [9.17, 15) is 0 Å². The molecule has 0 aliphatic heterocycles. The van der Waals surface area contributed by atoms with E-state index in [1.54, 1.807) is 0 Å². The van der Waals surface area contributed by atoms with Crippen LogP contribution in [-0.4, -0.2) is 9.97 Å². The summed E-state index contributed by atoms with van der Waals surface area (Å²) in [6, 6.07) is 0. The molecule has 0 amide bonds. The first-order valence-corrected chi connectivity index (χ1v) is 4.84. The fraction of sp³-hybridized carbons (Fsp3) is 0.429. The summed E-state index contributed by atoms with van der Waals surface area (Å²) in [5.41, 5.74) is 6.56. The molecule has 2 rings (SSSR count). The van der Waals surface area contributed by atoms with Crippen LogP contribution in [0.1, 0.15) is 24.5 Å². The number of anilines is 1. The van der Waals surface area contributed by atoms with Gasteiger partial charge in [0, 0.05) is 5.92 Å². The first-order valence-electron chi connectivity index (χ1n) is 3.67. The van der Waals surface area contributed by atoms with Crippen molar-refractivity contribution in [2.24, 2.45) is 0 Å². The van der Waals surface area contributed by atoms with Crippen molar-refractivity contribution in [2.75, 3.05) is 5.73 Å². The van der Waals surface area contributed by atoms with Gasteiger partial charge in [-0.3, -0.25) is 0 Å². The molecule has 2 N–H and O–H groups in total. The molecule has 0 radical (unpaired) electrons. The molecule has 1 heterocycles. The lowest BCUT2D eigenvalue weighted by molar-refractivity contribution is 0.978. The molecule has 64 valence electrons. The molecule has 12 heavy (non-hydrogen) atoms. The summed E-state index contributed by atoms with van der Waals surface area (Å²) in [5.74, 6) is 0.957. The predicted octanol–water partition coefficient (Wildman–Crippen LogP) is 2.35. The van der Waals surface area contributed by atoms with Gasteiger partial charge < -0.3 is 5.73 Å². The number of nitrogens with zero attached hydrogens (tertiary/aromatic N) is 2. The van der Waals surface area contributed by atoms with Gasteiger partial charge >= 0.3 is 0 Å². The van der Waals surface area contributed by atoms with Crippen LogP contribution in [-0.2, 0) is 0 Å². The molecule has 5 heteroatoms. The smallest absolute Gasteiger partial charge is 0.224 e. The maximum Gasteiger partial charge on any atom is 0.224 e. The quantitative estimate of drug-likeness (QED) is 0.776. The number of halogens is 2. The Labute approximate surface area is 83.5 Å². The molecule has 0 saturated heterocycles. The van der Waals surface area contributed by atoms with E-state index in [1.165, 1.54) is 12.8 Å². The summed E-state index contributed by atoms with van der Waals surface area (Å²) in [4.78, 5) is 7.95. The number of aromatic nitrogens is 2. The number of hydrogen-bond acceptors (Lipinski definition) is 3. The fourth-order valence-electron chi connectivity index (χ4n) is 1.08. The van der Waals surface area contributed by atoms with Crippen LogP contribution in [0.3, 0.4) is 0 Å². The van der Waals surface area contributed by atoms with Gasteiger partial charge in [-0.15, -0.1) is 0 Å². The average molecular weight is 249 g/mol. The van der Waals surface area contributed by atoms with Crippen molar-refractivity contribution in [1.29, 1.82) is 0 Å². The first kappa shape index (κ1) is 8.26. The van der Waals surface area contributed by atoms with Crippen molar-refractivity contribution in [3.8, 4) is 0 Å². The molecule has 0 aromatic carbocycles. The van der Waals surface area contributed by atoms with Gasteiger partial charge in [-0.1, -0.05) is 0 Å². The molecule has 1 aliphatic rings. The zero-order valence-electron chi connectivity index (χ0n) is 6.22. The van der Waals surface area contributed by atoms with Gasteiger partial charge in [0.2, 0.25) is 5.28 Å². The molecule has 1 aromatic rings. The minimum Gasteiger partial charge on any atom is -0.383 e. The molecule has 1 saturated carbocycles. The number of nitrogen functional groups attached to an aromatic ring is 1. The molecule has 1 fully saturated rings. The van der Waals surface area contributed by atoms with Crippen molar-refractivity contribution >= 4 is 33.3 Å². The maximum absolute atomic E-state index is 5.67. The summed E-state index contributed by atoms with van der Waals surface area (Å²) in [5, 5.41) is 0.234. The molecule has 0 atom stereocenters. The second-order valence-corrected chi connectivity index (χ2v) is 3.98. The monoisotopic (exact) mass is 247 g/mol. The van der Waals surface area contributed by atoms with Gasteiger partial charge in [0.05, 0.1) is 10.2 Å². The van der Waals surface area contributed by atoms with Crippen molar-refractivity contribution in [2.45, 2.75) is 18.8 Å². The van der Waals surface area contributed by atoms with Crippen LogP contribution in [0.4, 0.5) is 5.82 Å². The SMILES string of the molecule is Nc1nc(Cl)nc(C2CC2)c1Br. The Morgan fingerprint density at radius 2 is 2.08 bits per heavy atom. The van der Waals surface area contributed by atoms with Crippen LogP contribution in [0.2, 0.25) is 5.28 Å².